The number of benzene rings is 1. The van der Waals surface area contributed by atoms with Crippen molar-refractivity contribution in [3.8, 4) is 0 Å². The third-order valence-electron chi connectivity index (χ3n) is 1.87. The SMILES string of the molecule is CCOC(=O)C(C)N=Nc1cc(Cl)ccc1F. The first-order chi connectivity index (χ1) is 8.04. The van der Waals surface area contributed by atoms with Crippen molar-refractivity contribution < 1.29 is 13.9 Å². The molecular formula is C11H12ClFN2O2. The molecule has 1 atom stereocenters. The quantitative estimate of drug-likeness (QED) is 0.613. The van der Waals surface area contributed by atoms with Crippen LogP contribution in [0.2, 0.25) is 5.02 Å². The van der Waals surface area contributed by atoms with Crippen LogP contribution in [0.15, 0.2) is 28.4 Å². The van der Waals surface area contributed by atoms with Crippen molar-refractivity contribution in [2.75, 3.05) is 6.61 Å². The molecule has 0 bridgehead atoms. The molecule has 0 fully saturated rings. The molecule has 0 saturated carbocycles. The van der Waals surface area contributed by atoms with E-state index in [9.17, 15) is 9.18 Å². The standard InChI is InChI=1S/C11H12ClFN2O2/c1-3-17-11(16)7(2)14-15-10-6-8(12)4-5-9(10)13/h4-7H,3H2,1-2H3. The van der Waals surface area contributed by atoms with E-state index in [0.29, 0.717) is 5.02 Å². The van der Waals surface area contributed by atoms with Crippen LogP contribution in [0, 0.1) is 5.82 Å². The largest absolute Gasteiger partial charge is 0.464 e. The molecule has 1 aromatic rings. The molecule has 17 heavy (non-hydrogen) atoms. The van der Waals surface area contributed by atoms with Crippen molar-refractivity contribution in [2.45, 2.75) is 19.9 Å². The van der Waals surface area contributed by atoms with Gasteiger partial charge in [0.05, 0.1) is 6.61 Å². The van der Waals surface area contributed by atoms with Crippen molar-refractivity contribution in [3.63, 3.8) is 0 Å². The number of hydrogen-bond donors (Lipinski definition) is 0. The Hall–Kier alpha value is -1.49. The molecule has 6 heteroatoms. The Balaban J connectivity index is 2.76. The highest BCUT2D eigenvalue weighted by Crippen LogP contribution is 2.22. The van der Waals surface area contributed by atoms with Crippen molar-refractivity contribution in [1.82, 2.24) is 0 Å². The summed E-state index contributed by atoms with van der Waals surface area (Å²) in [7, 11) is 0. The first kappa shape index (κ1) is 13.6. The molecule has 0 aliphatic carbocycles. The van der Waals surface area contributed by atoms with Gasteiger partial charge in [0.15, 0.2) is 11.9 Å². The fourth-order valence-corrected chi connectivity index (χ4v) is 1.19. The number of esters is 1. The summed E-state index contributed by atoms with van der Waals surface area (Å²) in [5, 5.41) is 7.65. The number of rotatable bonds is 4. The molecule has 0 aromatic heterocycles. The highest BCUT2D eigenvalue weighted by Gasteiger charge is 2.12. The summed E-state index contributed by atoms with van der Waals surface area (Å²) in [5.41, 5.74) is -0.00588. The molecule has 0 amide bonds. The minimum atomic E-state index is -0.770. The Labute approximate surface area is 103 Å². The normalized spacial score (nSPS) is 12.7. The maximum absolute atomic E-state index is 13.2. The zero-order chi connectivity index (χ0) is 12.8. The highest BCUT2D eigenvalue weighted by atomic mass is 35.5. The van der Waals surface area contributed by atoms with Gasteiger partial charge in [-0.1, -0.05) is 11.6 Å². The summed E-state index contributed by atoms with van der Waals surface area (Å²) in [6.45, 7) is 3.48. The highest BCUT2D eigenvalue weighted by molar-refractivity contribution is 6.30. The van der Waals surface area contributed by atoms with E-state index >= 15 is 0 Å². The predicted octanol–water partition coefficient (Wildman–Crippen LogP) is 3.51. The van der Waals surface area contributed by atoms with Gasteiger partial charge in [0.25, 0.3) is 0 Å². The Bertz CT molecular complexity index is 437. The molecule has 0 heterocycles. The first-order valence-electron chi connectivity index (χ1n) is 5.07. The van der Waals surface area contributed by atoms with E-state index in [-0.39, 0.29) is 12.3 Å². The number of carbonyl (C=O) groups is 1. The van der Waals surface area contributed by atoms with Crippen molar-refractivity contribution >= 4 is 23.3 Å². The third-order valence-corrected chi connectivity index (χ3v) is 2.11. The lowest BCUT2D eigenvalue weighted by atomic mass is 10.3. The monoisotopic (exact) mass is 258 g/mol. The van der Waals surface area contributed by atoms with Crippen molar-refractivity contribution in [2.24, 2.45) is 10.2 Å². The third kappa shape index (κ3) is 4.11. The topological polar surface area (TPSA) is 51.0 Å². The van der Waals surface area contributed by atoms with Gasteiger partial charge in [-0.25, -0.2) is 9.18 Å². The summed E-state index contributed by atoms with van der Waals surface area (Å²) < 4.78 is 18.0. The second kappa shape index (κ2) is 6.30. The molecule has 0 aliphatic rings. The second-order valence-corrected chi connectivity index (χ2v) is 3.68. The lowest BCUT2D eigenvalue weighted by Crippen LogP contribution is -2.17. The molecule has 1 rings (SSSR count). The minimum Gasteiger partial charge on any atom is -0.464 e. The van der Waals surface area contributed by atoms with Gasteiger partial charge in [-0.15, -0.1) is 0 Å². The van der Waals surface area contributed by atoms with Crippen molar-refractivity contribution in [3.05, 3.63) is 29.0 Å². The van der Waals surface area contributed by atoms with Gasteiger partial charge in [-0.3, -0.25) is 0 Å². The minimum absolute atomic E-state index is 0.00588. The van der Waals surface area contributed by atoms with E-state index in [1.54, 1.807) is 6.92 Å². The number of nitrogens with zero attached hydrogens (tertiary/aromatic N) is 2. The van der Waals surface area contributed by atoms with Gasteiger partial charge < -0.3 is 4.74 Å². The number of hydrogen-bond acceptors (Lipinski definition) is 4. The van der Waals surface area contributed by atoms with Gasteiger partial charge in [0, 0.05) is 5.02 Å². The first-order valence-corrected chi connectivity index (χ1v) is 5.45. The van der Waals surface area contributed by atoms with Crippen LogP contribution in [0.1, 0.15) is 13.8 Å². The zero-order valence-electron chi connectivity index (χ0n) is 9.48. The number of carbonyl (C=O) groups excluding carboxylic acids is 1. The smallest absolute Gasteiger partial charge is 0.332 e. The van der Waals surface area contributed by atoms with E-state index < -0.39 is 17.8 Å². The molecule has 0 N–H and O–H groups in total. The average Bonchev–Trinajstić information content (AvgIpc) is 2.30. The van der Waals surface area contributed by atoms with E-state index in [2.05, 4.69) is 10.2 Å². The van der Waals surface area contributed by atoms with E-state index in [1.165, 1.54) is 25.1 Å². The van der Waals surface area contributed by atoms with Crippen LogP contribution in [0.3, 0.4) is 0 Å². The molecule has 92 valence electrons. The van der Waals surface area contributed by atoms with Crippen LogP contribution in [0.4, 0.5) is 10.1 Å². The van der Waals surface area contributed by atoms with E-state index in [4.69, 9.17) is 16.3 Å². The van der Waals surface area contributed by atoms with Gasteiger partial charge in [0.2, 0.25) is 0 Å². The average molecular weight is 259 g/mol. The molecule has 1 aromatic carbocycles. The number of azo groups is 1. The Morgan fingerprint density at radius 3 is 2.94 bits per heavy atom. The Morgan fingerprint density at radius 2 is 2.29 bits per heavy atom. The maximum atomic E-state index is 13.2. The molecule has 1 unspecified atom stereocenters. The van der Waals surface area contributed by atoms with Crippen LogP contribution in [-0.4, -0.2) is 18.6 Å². The summed E-state index contributed by atoms with van der Waals surface area (Å²) in [6.07, 6.45) is 0. The van der Waals surface area contributed by atoms with E-state index in [0.717, 1.165) is 0 Å². The Morgan fingerprint density at radius 1 is 1.59 bits per heavy atom. The van der Waals surface area contributed by atoms with Crippen LogP contribution in [0.5, 0.6) is 0 Å². The van der Waals surface area contributed by atoms with Crippen LogP contribution in [-0.2, 0) is 9.53 Å². The molecule has 0 saturated heterocycles. The Kier molecular flexibility index (Phi) is 5.03. The van der Waals surface area contributed by atoms with Crippen molar-refractivity contribution in [1.29, 1.82) is 0 Å². The molecule has 0 spiro atoms. The lowest BCUT2D eigenvalue weighted by molar-refractivity contribution is -0.144. The van der Waals surface area contributed by atoms with Crippen LogP contribution >= 0.6 is 11.6 Å². The van der Waals surface area contributed by atoms with Crippen LogP contribution < -0.4 is 0 Å². The number of halogens is 2. The van der Waals surface area contributed by atoms with Gasteiger partial charge >= 0.3 is 5.97 Å². The molecule has 4 nitrogen and oxygen atoms in total. The summed E-state index contributed by atoms with van der Waals surface area (Å²) in [5.74, 6) is -1.05. The molecule has 0 radical (unpaired) electrons. The molecular weight excluding hydrogens is 247 g/mol. The lowest BCUT2D eigenvalue weighted by Gasteiger charge is -2.04. The summed E-state index contributed by atoms with van der Waals surface area (Å²) >= 11 is 5.68. The summed E-state index contributed by atoms with van der Waals surface area (Å²) in [4.78, 5) is 11.2. The fraction of sp³-hybridized carbons (Fsp3) is 0.364. The fourth-order valence-electron chi connectivity index (χ4n) is 1.02. The van der Waals surface area contributed by atoms with Gasteiger partial charge in [-0.05, 0) is 32.0 Å². The summed E-state index contributed by atoms with van der Waals surface area (Å²) in [6, 6.07) is 3.16. The maximum Gasteiger partial charge on any atom is 0.332 e. The predicted molar refractivity (Wildman–Crippen MR) is 62.0 cm³/mol. The molecule has 0 aliphatic heterocycles. The van der Waals surface area contributed by atoms with Gasteiger partial charge in [0.1, 0.15) is 5.69 Å². The van der Waals surface area contributed by atoms with Gasteiger partial charge in [-0.2, -0.15) is 10.2 Å². The second-order valence-electron chi connectivity index (χ2n) is 3.24. The van der Waals surface area contributed by atoms with Crippen LogP contribution in [0.25, 0.3) is 0 Å². The zero-order valence-corrected chi connectivity index (χ0v) is 10.2. The number of ether oxygens (including phenoxy) is 1. The van der Waals surface area contributed by atoms with E-state index in [1.807, 2.05) is 0 Å².